The summed E-state index contributed by atoms with van der Waals surface area (Å²) in [6.45, 7) is 3.75. The average Bonchev–Trinajstić information content (AvgIpc) is 3.27. The number of para-hydroxylation sites is 1. The summed E-state index contributed by atoms with van der Waals surface area (Å²) in [5.41, 5.74) is 0.455. The number of likely N-dealkylation sites (tertiary alicyclic amines) is 1. The molecular formula is C22H26N4O5. The van der Waals surface area contributed by atoms with E-state index in [4.69, 9.17) is 14.2 Å². The minimum Gasteiger partial charge on any atom is -0.496 e. The number of rotatable bonds is 5. The van der Waals surface area contributed by atoms with Crippen LogP contribution in [0.5, 0.6) is 5.75 Å². The van der Waals surface area contributed by atoms with E-state index < -0.39 is 0 Å². The molecule has 3 heterocycles. The first-order valence-corrected chi connectivity index (χ1v) is 10.3. The Morgan fingerprint density at radius 3 is 2.61 bits per heavy atom. The van der Waals surface area contributed by atoms with Crippen LogP contribution in [0.1, 0.15) is 36.2 Å². The number of nitrogens with one attached hydrogen (secondary N) is 1. The first-order chi connectivity index (χ1) is 15.1. The lowest BCUT2D eigenvalue weighted by atomic mass is 10.0. The lowest BCUT2D eigenvalue weighted by Gasteiger charge is -2.33. The van der Waals surface area contributed by atoms with Crippen molar-refractivity contribution >= 4 is 17.6 Å². The second kappa shape index (κ2) is 9.11. The maximum absolute atomic E-state index is 12.8. The number of allylic oxidation sites excluding steroid dienone is 1. The minimum atomic E-state index is -0.260. The van der Waals surface area contributed by atoms with E-state index in [0.29, 0.717) is 55.0 Å². The molecule has 0 saturated carbocycles. The van der Waals surface area contributed by atoms with Crippen molar-refractivity contribution in [3.05, 3.63) is 53.6 Å². The Morgan fingerprint density at radius 2 is 1.87 bits per heavy atom. The molecule has 0 unspecified atom stereocenters. The van der Waals surface area contributed by atoms with Crippen molar-refractivity contribution in [3.63, 3.8) is 0 Å². The SMILES string of the molecule is COc1ccccc1C(=O)Nc1ccnn1C1CCN(C(=O)C2=C(C)OCCO2)CC1. The van der Waals surface area contributed by atoms with Crippen LogP contribution in [0.3, 0.4) is 0 Å². The fourth-order valence-corrected chi connectivity index (χ4v) is 3.90. The summed E-state index contributed by atoms with van der Waals surface area (Å²) < 4.78 is 18.0. The van der Waals surface area contributed by atoms with E-state index in [0.717, 1.165) is 12.8 Å². The van der Waals surface area contributed by atoms with Gasteiger partial charge in [-0.3, -0.25) is 9.59 Å². The van der Waals surface area contributed by atoms with Crippen molar-refractivity contribution in [2.24, 2.45) is 0 Å². The number of hydrogen-bond donors (Lipinski definition) is 1. The third-order valence-electron chi connectivity index (χ3n) is 5.52. The van der Waals surface area contributed by atoms with Crippen molar-refractivity contribution in [3.8, 4) is 5.75 Å². The van der Waals surface area contributed by atoms with Gasteiger partial charge >= 0.3 is 0 Å². The summed E-state index contributed by atoms with van der Waals surface area (Å²) in [7, 11) is 1.54. The van der Waals surface area contributed by atoms with Gasteiger partial charge in [-0.25, -0.2) is 4.68 Å². The molecule has 2 aliphatic rings. The summed E-state index contributed by atoms with van der Waals surface area (Å²) in [5.74, 6) is 1.56. The molecule has 1 saturated heterocycles. The molecule has 1 aromatic carbocycles. The predicted octanol–water partition coefficient (Wildman–Crippen LogP) is 2.59. The second-order valence-corrected chi connectivity index (χ2v) is 7.42. The number of hydrogen-bond acceptors (Lipinski definition) is 6. The molecular weight excluding hydrogens is 400 g/mol. The third-order valence-corrected chi connectivity index (χ3v) is 5.52. The molecule has 164 valence electrons. The number of nitrogens with zero attached hydrogens (tertiary/aromatic N) is 3. The number of piperidine rings is 1. The Morgan fingerprint density at radius 1 is 1.13 bits per heavy atom. The van der Waals surface area contributed by atoms with E-state index in [1.165, 1.54) is 7.11 Å². The van der Waals surface area contributed by atoms with E-state index in [1.54, 1.807) is 42.3 Å². The molecule has 1 aromatic heterocycles. The van der Waals surface area contributed by atoms with E-state index >= 15 is 0 Å². The first-order valence-electron chi connectivity index (χ1n) is 10.3. The number of ether oxygens (including phenoxy) is 3. The van der Waals surface area contributed by atoms with Crippen molar-refractivity contribution in [1.29, 1.82) is 0 Å². The molecule has 1 N–H and O–H groups in total. The average molecular weight is 426 g/mol. The van der Waals surface area contributed by atoms with E-state index in [9.17, 15) is 9.59 Å². The van der Waals surface area contributed by atoms with Gasteiger partial charge in [-0.15, -0.1) is 0 Å². The van der Waals surface area contributed by atoms with Crippen molar-refractivity contribution in [1.82, 2.24) is 14.7 Å². The Balaban J connectivity index is 1.41. The van der Waals surface area contributed by atoms with Gasteiger partial charge in [-0.2, -0.15) is 5.10 Å². The molecule has 0 spiro atoms. The minimum absolute atomic E-state index is 0.0746. The molecule has 2 aliphatic heterocycles. The van der Waals surface area contributed by atoms with Crippen LogP contribution in [-0.4, -0.2) is 59.9 Å². The number of methoxy groups -OCH3 is 1. The third kappa shape index (κ3) is 4.35. The lowest BCUT2D eigenvalue weighted by Crippen LogP contribution is -2.41. The van der Waals surface area contributed by atoms with E-state index in [1.807, 2.05) is 10.7 Å². The molecule has 31 heavy (non-hydrogen) atoms. The molecule has 9 nitrogen and oxygen atoms in total. The highest BCUT2D eigenvalue weighted by Gasteiger charge is 2.30. The highest BCUT2D eigenvalue weighted by atomic mass is 16.6. The van der Waals surface area contributed by atoms with Crippen LogP contribution in [0.2, 0.25) is 0 Å². The Hall–Kier alpha value is -3.49. The largest absolute Gasteiger partial charge is 0.496 e. The Kier molecular flexibility index (Phi) is 6.11. The van der Waals surface area contributed by atoms with E-state index in [-0.39, 0.29) is 17.9 Å². The maximum atomic E-state index is 12.8. The number of amides is 2. The van der Waals surface area contributed by atoms with Gasteiger partial charge in [0.15, 0.2) is 0 Å². The summed E-state index contributed by atoms with van der Waals surface area (Å²) in [4.78, 5) is 27.3. The van der Waals surface area contributed by atoms with Crippen LogP contribution in [0, 0.1) is 0 Å². The molecule has 4 rings (SSSR count). The zero-order valence-corrected chi connectivity index (χ0v) is 17.7. The lowest BCUT2D eigenvalue weighted by molar-refractivity contribution is -0.134. The predicted molar refractivity (Wildman–Crippen MR) is 113 cm³/mol. The van der Waals surface area contributed by atoms with Crippen LogP contribution in [0.4, 0.5) is 5.82 Å². The second-order valence-electron chi connectivity index (χ2n) is 7.42. The summed E-state index contributed by atoms with van der Waals surface area (Å²) in [6.07, 6.45) is 3.10. The quantitative estimate of drug-likeness (QED) is 0.790. The Labute approximate surface area is 180 Å². The molecule has 2 amide bonds. The molecule has 1 fully saturated rings. The smallest absolute Gasteiger partial charge is 0.292 e. The van der Waals surface area contributed by atoms with Gasteiger partial charge in [0, 0.05) is 19.2 Å². The van der Waals surface area contributed by atoms with Crippen LogP contribution < -0.4 is 10.1 Å². The number of carbonyl (C=O) groups excluding carboxylic acids is 2. The van der Waals surface area contributed by atoms with Crippen LogP contribution >= 0.6 is 0 Å². The first kappa shape index (κ1) is 20.8. The normalized spacial score (nSPS) is 17.0. The van der Waals surface area contributed by atoms with Crippen LogP contribution in [0.15, 0.2) is 48.0 Å². The molecule has 0 atom stereocenters. The zero-order valence-electron chi connectivity index (χ0n) is 17.7. The number of benzene rings is 1. The van der Waals surface area contributed by atoms with Gasteiger partial charge in [0.25, 0.3) is 11.8 Å². The molecule has 0 bridgehead atoms. The van der Waals surface area contributed by atoms with Crippen molar-refractivity contribution in [2.45, 2.75) is 25.8 Å². The fraction of sp³-hybridized carbons (Fsp3) is 0.409. The number of aromatic nitrogens is 2. The Bertz CT molecular complexity index is 991. The van der Waals surface area contributed by atoms with Crippen molar-refractivity contribution in [2.75, 3.05) is 38.7 Å². The van der Waals surface area contributed by atoms with Gasteiger partial charge in [0.1, 0.15) is 30.5 Å². The van der Waals surface area contributed by atoms with Gasteiger partial charge in [0.05, 0.1) is 24.9 Å². The summed E-state index contributed by atoms with van der Waals surface area (Å²) in [6, 6.07) is 8.91. The zero-order chi connectivity index (χ0) is 21.8. The van der Waals surface area contributed by atoms with Crippen LogP contribution in [-0.2, 0) is 14.3 Å². The highest BCUT2D eigenvalue weighted by molar-refractivity contribution is 6.05. The summed E-state index contributed by atoms with van der Waals surface area (Å²) >= 11 is 0. The van der Waals surface area contributed by atoms with E-state index in [2.05, 4.69) is 10.4 Å². The van der Waals surface area contributed by atoms with Gasteiger partial charge in [-0.1, -0.05) is 12.1 Å². The monoisotopic (exact) mass is 426 g/mol. The fourth-order valence-electron chi connectivity index (χ4n) is 3.90. The molecule has 2 aromatic rings. The highest BCUT2D eigenvalue weighted by Crippen LogP contribution is 2.28. The van der Waals surface area contributed by atoms with Crippen LogP contribution in [0.25, 0.3) is 0 Å². The van der Waals surface area contributed by atoms with Gasteiger partial charge in [0.2, 0.25) is 5.76 Å². The topological polar surface area (TPSA) is 94.9 Å². The van der Waals surface area contributed by atoms with Gasteiger partial charge in [-0.05, 0) is 31.9 Å². The summed E-state index contributed by atoms with van der Waals surface area (Å²) in [5, 5.41) is 7.34. The standard InChI is InChI=1S/C22H26N4O5/c1-15-20(31-14-13-30-15)22(28)25-11-8-16(9-12-25)26-19(7-10-23-26)24-21(27)17-5-3-4-6-18(17)29-2/h3-7,10,16H,8-9,11-14H2,1-2H3,(H,24,27). The molecule has 0 aliphatic carbocycles. The maximum Gasteiger partial charge on any atom is 0.292 e. The number of anilines is 1. The van der Waals surface area contributed by atoms with Crippen molar-refractivity contribution < 1.29 is 23.8 Å². The molecule has 0 radical (unpaired) electrons. The molecule has 9 heteroatoms. The van der Waals surface area contributed by atoms with Gasteiger partial charge < -0.3 is 24.4 Å². The number of carbonyl (C=O) groups is 2.